The molecule has 154 valence electrons. The average Bonchev–Trinajstić information content (AvgIpc) is 2.66. The molecule has 1 rings (SSSR count). The molecule has 2 N–H and O–H groups in total. The first-order valence-corrected chi connectivity index (χ1v) is 9.81. The smallest absolute Gasteiger partial charge is 0.218 e. The second-order valence-corrected chi connectivity index (χ2v) is 6.46. The van der Waals surface area contributed by atoms with Gasteiger partial charge in [0.25, 0.3) is 0 Å². The number of rotatable bonds is 13. The van der Waals surface area contributed by atoms with Crippen LogP contribution in [-0.4, -0.2) is 57.1 Å². The monoisotopic (exact) mass is 380 g/mol. The lowest BCUT2D eigenvalue weighted by Crippen LogP contribution is -2.39. The summed E-state index contributed by atoms with van der Waals surface area (Å²) in [5.74, 6) is 1.88. The van der Waals surface area contributed by atoms with Crippen LogP contribution in [0.25, 0.3) is 0 Å². The molecule has 0 aliphatic heterocycles. The fourth-order valence-electron chi connectivity index (χ4n) is 2.56. The standard InChI is InChI=1S/C20H36N4O3/c1-6-21-20(23-12-10-18(16(3)4)26-7-2)24-15-17-9-8-11-22-19(17)27-14-13-25-5/h8-9,11,16,18H,6-7,10,12-15H2,1-5H3,(H2,21,23,24). The van der Waals surface area contributed by atoms with Crippen molar-refractivity contribution in [3.63, 3.8) is 0 Å². The minimum absolute atomic E-state index is 0.254. The molecule has 1 atom stereocenters. The molecule has 0 bridgehead atoms. The zero-order valence-corrected chi connectivity index (χ0v) is 17.5. The quantitative estimate of drug-likeness (QED) is 0.311. The Labute approximate surface area is 163 Å². The van der Waals surface area contributed by atoms with E-state index < -0.39 is 0 Å². The molecule has 7 heteroatoms. The maximum absolute atomic E-state index is 5.80. The molecule has 0 aromatic carbocycles. The van der Waals surface area contributed by atoms with E-state index in [1.54, 1.807) is 13.3 Å². The number of ether oxygens (including phenoxy) is 3. The molecule has 1 aromatic rings. The molecule has 0 radical (unpaired) electrons. The number of aromatic nitrogens is 1. The predicted molar refractivity (Wildman–Crippen MR) is 109 cm³/mol. The van der Waals surface area contributed by atoms with E-state index in [1.807, 2.05) is 19.1 Å². The number of nitrogens with one attached hydrogen (secondary N) is 2. The highest BCUT2D eigenvalue weighted by atomic mass is 16.5. The summed E-state index contributed by atoms with van der Waals surface area (Å²) in [6.07, 6.45) is 2.91. The Morgan fingerprint density at radius 1 is 1.22 bits per heavy atom. The van der Waals surface area contributed by atoms with Gasteiger partial charge < -0.3 is 24.8 Å². The average molecular weight is 381 g/mol. The maximum atomic E-state index is 5.80. The topological polar surface area (TPSA) is 77.0 Å². The first kappa shape index (κ1) is 23.2. The number of pyridine rings is 1. The number of hydrogen-bond donors (Lipinski definition) is 2. The third kappa shape index (κ3) is 9.58. The summed E-state index contributed by atoms with van der Waals surface area (Å²) in [5, 5.41) is 6.66. The van der Waals surface area contributed by atoms with Crippen molar-refractivity contribution in [3.05, 3.63) is 23.9 Å². The Morgan fingerprint density at radius 2 is 2.04 bits per heavy atom. The number of guanidine groups is 1. The predicted octanol–water partition coefficient (Wildman–Crippen LogP) is 2.61. The van der Waals surface area contributed by atoms with Crippen LogP contribution in [0, 0.1) is 5.92 Å². The van der Waals surface area contributed by atoms with E-state index in [-0.39, 0.29) is 6.10 Å². The summed E-state index contributed by atoms with van der Waals surface area (Å²) >= 11 is 0. The van der Waals surface area contributed by atoms with Crippen molar-refractivity contribution >= 4 is 5.96 Å². The van der Waals surface area contributed by atoms with E-state index in [4.69, 9.17) is 14.2 Å². The Balaban J connectivity index is 2.63. The Bertz CT molecular complexity index is 538. The number of hydrogen-bond acceptors (Lipinski definition) is 5. The normalized spacial score (nSPS) is 12.9. The van der Waals surface area contributed by atoms with Crippen molar-refractivity contribution in [1.29, 1.82) is 0 Å². The van der Waals surface area contributed by atoms with E-state index in [0.29, 0.717) is 31.6 Å². The van der Waals surface area contributed by atoms with Gasteiger partial charge in [0.05, 0.1) is 19.3 Å². The zero-order chi connectivity index (χ0) is 19.9. The number of aliphatic imine (C=N–C) groups is 1. The molecule has 0 aliphatic rings. The van der Waals surface area contributed by atoms with Crippen molar-refractivity contribution in [2.24, 2.45) is 10.9 Å². The van der Waals surface area contributed by atoms with Gasteiger partial charge in [0, 0.05) is 38.6 Å². The van der Waals surface area contributed by atoms with E-state index in [1.165, 1.54) is 0 Å². The summed E-state index contributed by atoms with van der Waals surface area (Å²) in [6.45, 7) is 12.3. The van der Waals surface area contributed by atoms with Crippen LogP contribution in [0.4, 0.5) is 0 Å². The molecular formula is C20H36N4O3. The summed E-state index contributed by atoms with van der Waals surface area (Å²) in [7, 11) is 1.65. The van der Waals surface area contributed by atoms with Gasteiger partial charge in [-0.3, -0.25) is 0 Å². The van der Waals surface area contributed by atoms with Crippen LogP contribution in [0.15, 0.2) is 23.3 Å². The largest absolute Gasteiger partial charge is 0.475 e. The van der Waals surface area contributed by atoms with Crippen molar-refractivity contribution in [3.8, 4) is 5.88 Å². The fourth-order valence-corrected chi connectivity index (χ4v) is 2.56. The minimum atomic E-state index is 0.254. The maximum Gasteiger partial charge on any atom is 0.218 e. The Kier molecular flexibility index (Phi) is 12.2. The van der Waals surface area contributed by atoms with Gasteiger partial charge in [0.15, 0.2) is 5.96 Å². The van der Waals surface area contributed by atoms with Crippen molar-refractivity contribution in [2.45, 2.75) is 46.8 Å². The van der Waals surface area contributed by atoms with Gasteiger partial charge in [-0.25, -0.2) is 9.98 Å². The molecule has 0 saturated carbocycles. The summed E-state index contributed by atoms with van der Waals surface area (Å²) in [4.78, 5) is 8.96. The lowest BCUT2D eigenvalue weighted by atomic mass is 10.0. The summed E-state index contributed by atoms with van der Waals surface area (Å²) in [6, 6.07) is 3.87. The van der Waals surface area contributed by atoms with Crippen LogP contribution in [0.3, 0.4) is 0 Å². The van der Waals surface area contributed by atoms with Gasteiger partial charge in [-0.15, -0.1) is 0 Å². The van der Waals surface area contributed by atoms with Crippen LogP contribution < -0.4 is 15.4 Å². The SMILES string of the molecule is CCNC(=NCc1cccnc1OCCOC)NCCC(OCC)C(C)C. The first-order valence-electron chi connectivity index (χ1n) is 9.81. The van der Waals surface area contributed by atoms with Gasteiger partial charge >= 0.3 is 0 Å². The van der Waals surface area contributed by atoms with E-state index >= 15 is 0 Å². The van der Waals surface area contributed by atoms with Gasteiger partial charge in [-0.2, -0.15) is 0 Å². The van der Waals surface area contributed by atoms with Crippen LogP contribution >= 0.6 is 0 Å². The molecule has 1 aromatic heterocycles. The Morgan fingerprint density at radius 3 is 2.70 bits per heavy atom. The van der Waals surface area contributed by atoms with Gasteiger partial charge in [-0.05, 0) is 32.3 Å². The van der Waals surface area contributed by atoms with Crippen molar-refractivity contribution < 1.29 is 14.2 Å². The van der Waals surface area contributed by atoms with Crippen LogP contribution in [0.2, 0.25) is 0 Å². The summed E-state index contributed by atoms with van der Waals surface area (Å²) in [5.41, 5.74) is 0.945. The molecule has 0 fully saturated rings. The minimum Gasteiger partial charge on any atom is -0.475 e. The lowest BCUT2D eigenvalue weighted by molar-refractivity contribution is 0.0258. The molecular weight excluding hydrogens is 344 g/mol. The second-order valence-electron chi connectivity index (χ2n) is 6.46. The van der Waals surface area contributed by atoms with Gasteiger partial charge in [0.2, 0.25) is 5.88 Å². The van der Waals surface area contributed by atoms with Crippen molar-refractivity contribution in [2.75, 3.05) is 40.0 Å². The highest BCUT2D eigenvalue weighted by Gasteiger charge is 2.13. The third-order valence-corrected chi connectivity index (χ3v) is 3.97. The lowest BCUT2D eigenvalue weighted by Gasteiger charge is -2.21. The van der Waals surface area contributed by atoms with Crippen molar-refractivity contribution in [1.82, 2.24) is 15.6 Å². The highest BCUT2D eigenvalue weighted by molar-refractivity contribution is 5.79. The third-order valence-electron chi connectivity index (χ3n) is 3.97. The molecule has 1 heterocycles. The molecule has 7 nitrogen and oxygen atoms in total. The summed E-state index contributed by atoms with van der Waals surface area (Å²) < 4.78 is 16.5. The van der Waals surface area contributed by atoms with Crippen LogP contribution in [0.1, 0.15) is 39.7 Å². The first-order chi connectivity index (χ1) is 13.1. The van der Waals surface area contributed by atoms with Crippen LogP contribution in [0.5, 0.6) is 5.88 Å². The van der Waals surface area contributed by atoms with E-state index in [0.717, 1.165) is 37.6 Å². The van der Waals surface area contributed by atoms with Crippen LogP contribution in [-0.2, 0) is 16.0 Å². The van der Waals surface area contributed by atoms with E-state index in [2.05, 4.69) is 41.4 Å². The molecule has 1 unspecified atom stereocenters. The van der Waals surface area contributed by atoms with Gasteiger partial charge in [0.1, 0.15) is 6.61 Å². The molecule has 0 spiro atoms. The second kappa shape index (κ2) is 14.2. The molecule has 0 amide bonds. The number of methoxy groups -OCH3 is 1. The number of nitrogens with zero attached hydrogens (tertiary/aromatic N) is 2. The van der Waals surface area contributed by atoms with Gasteiger partial charge in [-0.1, -0.05) is 19.9 Å². The molecule has 0 saturated heterocycles. The van der Waals surface area contributed by atoms with E-state index in [9.17, 15) is 0 Å². The zero-order valence-electron chi connectivity index (χ0n) is 17.5. The fraction of sp³-hybridized carbons (Fsp3) is 0.700. The molecule has 27 heavy (non-hydrogen) atoms. The Hall–Kier alpha value is -1.86. The highest BCUT2D eigenvalue weighted by Crippen LogP contribution is 2.15. The molecule has 0 aliphatic carbocycles.